The first-order valence-electron chi connectivity index (χ1n) is 5.97. The van der Waals surface area contributed by atoms with Gasteiger partial charge in [0.2, 0.25) is 0 Å². The van der Waals surface area contributed by atoms with Crippen molar-refractivity contribution in [2.24, 2.45) is 0 Å². The SMILES string of the molecule is Cc1cc(-c2nc3c(C)cc(Br)cc3[nH]2)ccc1Br. The van der Waals surface area contributed by atoms with Crippen molar-refractivity contribution in [2.45, 2.75) is 13.8 Å². The number of aryl methyl sites for hydroxylation is 2. The molecule has 0 aliphatic heterocycles. The lowest BCUT2D eigenvalue weighted by Crippen LogP contribution is -1.83. The number of H-pyrrole nitrogens is 1. The average Bonchev–Trinajstić information content (AvgIpc) is 2.76. The largest absolute Gasteiger partial charge is 0.338 e. The maximum absolute atomic E-state index is 4.70. The number of fused-ring (bicyclic) bond motifs is 1. The maximum Gasteiger partial charge on any atom is 0.138 e. The van der Waals surface area contributed by atoms with E-state index in [0.29, 0.717) is 0 Å². The van der Waals surface area contributed by atoms with E-state index in [1.165, 1.54) is 11.1 Å². The summed E-state index contributed by atoms with van der Waals surface area (Å²) in [6, 6.07) is 10.4. The lowest BCUT2D eigenvalue weighted by Gasteiger charge is -2.00. The molecule has 0 unspecified atom stereocenters. The van der Waals surface area contributed by atoms with Gasteiger partial charge in [-0.05, 0) is 49.2 Å². The Hall–Kier alpha value is -1.13. The van der Waals surface area contributed by atoms with Crippen LogP contribution in [-0.4, -0.2) is 9.97 Å². The molecule has 2 aromatic carbocycles. The third kappa shape index (κ3) is 2.35. The Balaban J connectivity index is 2.20. The van der Waals surface area contributed by atoms with Gasteiger partial charge in [0.15, 0.2) is 0 Å². The second kappa shape index (κ2) is 4.76. The van der Waals surface area contributed by atoms with Gasteiger partial charge in [-0.1, -0.05) is 37.9 Å². The Kier molecular flexibility index (Phi) is 3.23. The van der Waals surface area contributed by atoms with Gasteiger partial charge in [-0.25, -0.2) is 4.98 Å². The van der Waals surface area contributed by atoms with Crippen LogP contribution in [0.1, 0.15) is 11.1 Å². The molecule has 19 heavy (non-hydrogen) atoms. The number of hydrogen-bond acceptors (Lipinski definition) is 1. The smallest absolute Gasteiger partial charge is 0.138 e. The van der Waals surface area contributed by atoms with Crippen molar-refractivity contribution >= 4 is 42.9 Å². The molecule has 0 spiro atoms. The number of hydrogen-bond donors (Lipinski definition) is 1. The molecule has 0 saturated carbocycles. The van der Waals surface area contributed by atoms with Crippen LogP contribution in [0.2, 0.25) is 0 Å². The summed E-state index contributed by atoms with van der Waals surface area (Å²) in [7, 11) is 0. The van der Waals surface area contributed by atoms with Gasteiger partial charge in [0.1, 0.15) is 5.82 Å². The number of imidazole rings is 1. The summed E-state index contributed by atoms with van der Waals surface area (Å²) in [6.45, 7) is 4.16. The van der Waals surface area contributed by atoms with Crippen LogP contribution >= 0.6 is 31.9 Å². The standard InChI is InChI=1S/C15H12Br2N2/c1-8-5-10(3-4-12(8)17)15-18-13-7-11(16)6-9(2)14(13)19-15/h3-7H,1-2H3,(H,18,19). The molecular weight excluding hydrogens is 368 g/mol. The summed E-state index contributed by atoms with van der Waals surface area (Å²) in [5, 5.41) is 0. The third-order valence-corrected chi connectivity index (χ3v) is 4.52. The van der Waals surface area contributed by atoms with E-state index in [0.717, 1.165) is 31.4 Å². The van der Waals surface area contributed by atoms with Gasteiger partial charge in [0.05, 0.1) is 11.0 Å². The molecule has 0 radical (unpaired) electrons. The van der Waals surface area contributed by atoms with E-state index in [1.807, 2.05) is 0 Å². The van der Waals surface area contributed by atoms with Crippen LogP contribution in [0.25, 0.3) is 22.4 Å². The number of aromatic nitrogens is 2. The van der Waals surface area contributed by atoms with Crippen LogP contribution in [0, 0.1) is 13.8 Å². The Labute approximate surface area is 128 Å². The van der Waals surface area contributed by atoms with Gasteiger partial charge < -0.3 is 4.98 Å². The van der Waals surface area contributed by atoms with Crippen molar-refractivity contribution in [1.29, 1.82) is 0 Å². The molecule has 3 rings (SSSR count). The molecule has 4 heteroatoms. The molecule has 3 aromatic rings. The van der Waals surface area contributed by atoms with Crippen LogP contribution in [0.5, 0.6) is 0 Å². The molecule has 0 atom stereocenters. The van der Waals surface area contributed by atoms with Crippen LogP contribution in [0.4, 0.5) is 0 Å². The maximum atomic E-state index is 4.70. The highest BCUT2D eigenvalue weighted by molar-refractivity contribution is 9.10. The fourth-order valence-corrected chi connectivity index (χ4v) is 2.99. The summed E-state index contributed by atoms with van der Waals surface area (Å²) in [5.74, 6) is 0.909. The zero-order chi connectivity index (χ0) is 13.6. The van der Waals surface area contributed by atoms with Crippen molar-refractivity contribution in [1.82, 2.24) is 9.97 Å². The molecule has 1 heterocycles. The van der Waals surface area contributed by atoms with Crippen LogP contribution < -0.4 is 0 Å². The first kappa shape index (κ1) is 12.9. The number of benzene rings is 2. The van der Waals surface area contributed by atoms with E-state index in [9.17, 15) is 0 Å². The number of nitrogens with zero attached hydrogens (tertiary/aromatic N) is 1. The van der Waals surface area contributed by atoms with E-state index in [4.69, 9.17) is 4.98 Å². The molecule has 0 aliphatic carbocycles. The van der Waals surface area contributed by atoms with Crippen molar-refractivity contribution in [2.75, 3.05) is 0 Å². The van der Waals surface area contributed by atoms with Crippen LogP contribution in [-0.2, 0) is 0 Å². The van der Waals surface area contributed by atoms with Gasteiger partial charge in [-0.2, -0.15) is 0 Å². The number of aromatic amines is 1. The number of halogens is 2. The van der Waals surface area contributed by atoms with Crippen LogP contribution in [0.3, 0.4) is 0 Å². The van der Waals surface area contributed by atoms with Gasteiger partial charge in [0.25, 0.3) is 0 Å². The highest BCUT2D eigenvalue weighted by Crippen LogP contribution is 2.28. The quantitative estimate of drug-likeness (QED) is 0.604. The Bertz CT molecular complexity index is 775. The topological polar surface area (TPSA) is 28.7 Å². The minimum atomic E-state index is 0.909. The van der Waals surface area contributed by atoms with Gasteiger partial charge in [-0.3, -0.25) is 0 Å². The van der Waals surface area contributed by atoms with E-state index < -0.39 is 0 Å². The van der Waals surface area contributed by atoms with Gasteiger partial charge in [-0.15, -0.1) is 0 Å². The zero-order valence-corrected chi connectivity index (χ0v) is 13.8. The Morgan fingerprint density at radius 2 is 1.79 bits per heavy atom. The number of rotatable bonds is 1. The summed E-state index contributed by atoms with van der Waals surface area (Å²) in [5.41, 5.74) is 5.56. The van der Waals surface area contributed by atoms with Crippen LogP contribution in [0.15, 0.2) is 39.3 Å². The van der Waals surface area contributed by atoms with Crippen molar-refractivity contribution < 1.29 is 0 Å². The molecule has 0 amide bonds. The lowest BCUT2D eigenvalue weighted by atomic mass is 10.1. The number of nitrogens with one attached hydrogen (secondary N) is 1. The molecular formula is C15H12Br2N2. The zero-order valence-electron chi connectivity index (χ0n) is 10.6. The second-order valence-corrected chi connectivity index (χ2v) is 6.44. The lowest BCUT2D eigenvalue weighted by molar-refractivity contribution is 1.31. The van der Waals surface area contributed by atoms with Gasteiger partial charge in [0, 0.05) is 14.5 Å². The summed E-state index contributed by atoms with van der Waals surface area (Å²) >= 11 is 7.04. The molecule has 1 aromatic heterocycles. The van der Waals surface area contributed by atoms with Crippen molar-refractivity contribution in [3.8, 4) is 11.4 Å². The molecule has 0 saturated heterocycles. The Morgan fingerprint density at radius 1 is 1.00 bits per heavy atom. The minimum Gasteiger partial charge on any atom is -0.338 e. The van der Waals surface area contributed by atoms with Crippen molar-refractivity contribution in [3.63, 3.8) is 0 Å². The summed E-state index contributed by atoms with van der Waals surface area (Å²) in [6.07, 6.45) is 0. The predicted octanol–water partition coefficient (Wildman–Crippen LogP) is 5.37. The fraction of sp³-hybridized carbons (Fsp3) is 0.133. The molecule has 0 aliphatic rings. The average molecular weight is 380 g/mol. The van der Waals surface area contributed by atoms with E-state index in [2.05, 4.69) is 81.0 Å². The summed E-state index contributed by atoms with van der Waals surface area (Å²) in [4.78, 5) is 8.09. The minimum absolute atomic E-state index is 0.909. The first-order valence-corrected chi connectivity index (χ1v) is 7.55. The molecule has 2 nitrogen and oxygen atoms in total. The van der Waals surface area contributed by atoms with E-state index >= 15 is 0 Å². The molecule has 0 bridgehead atoms. The fourth-order valence-electron chi connectivity index (χ4n) is 2.18. The normalized spacial score (nSPS) is 11.2. The monoisotopic (exact) mass is 378 g/mol. The first-order chi connectivity index (χ1) is 9.04. The van der Waals surface area contributed by atoms with E-state index in [-0.39, 0.29) is 0 Å². The van der Waals surface area contributed by atoms with Gasteiger partial charge >= 0.3 is 0 Å². The summed E-state index contributed by atoms with van der Waals surface area (Å²) < 4.78 is 2.19. The molecule has 1 N–H and O–H groups in total. The highest BCUT2D eigenvalue weighted by Gasteiger charge is 2.09. The Morgan fingerprint density at radius 3 is 2.53 bits per heavy atom. The predicted molar refractivity (Wildman–Crippen MR) is 86.4 cm³/mol. The highest BCUT2D eigenvalue weighted by atomic mass is 79.9. The van der Waals surface area contributed by atoms with E-state index in [1.54, 1.807) is 0 Å². The second-order valence-electron chi connectivity index (χ2n) is 4.67. The third-order valence-electron chi connectivity index (χ3n) is 3.17. The molecule has 96 valence electrons. The molecule has 0 fully saturated rings. The van der Waals surface area contributed by atoms with Crippen molar-refractivity contribution in [3.05, 3.63) is 50.4 Å².